The van der Waals surface area contributed by atoms with Gasteiger partial charge in [-0.2, -0.15) is 0 Å². The molecular weight excluding hydrogens is 751 g/mol. The van der Waals surface area contributed by atoms with Gasteiger partial charge in [0, 0.05) is 19.3 Å². The Balaban J connectivity index is 4.31. The number of unbranched alkanes of at least 4 members (excludes halogenated alkanes) is 24. The minimum Gasteiger partial charge on any atom is -0.544 e. The Hall–Kier alpha value is -2.71. The van der Waals surface area contributed by atoms with Crippen LogP contribution in [0.25, 0.3) is 0 Å². The molecule has 0 aromatic carbocycles. The molecule has 0 aliphatic carbocycles. The molecule has 0 aromatic rings. The van der Waals surface area contributed by atoms with E-state index < -0.39 is 18.1 Å². The molecule has 0 N–H and O–H groups in total. The summed E-state index contributed by atoms with van der Waals surface area (Å²) in [6.45, 7) is 4.62. The van der Waals surface area contributed by atoms with E-state index in [4.69, 9.17) is 14.2 Å². The van der Waals surface area contributed by atoms with E-state index in [1.54, 1.807) is 21.1 Å². The van der Waals surface area contributed by atoms with Gasteiger partial charge in [-0.15, -0.1) is 0 Å². The van der Waals surface area contributed by atoms with Crippen molar-refractivity contribution in [2.45, 2.75) is 225 Å². The van der Waals surface area contributed by atoms with E-state index in [1.165, 1.54) is 128 Å². The zero-order chi connectivity index (χ0) is 44.2. The SMILES string of the molecule is CCCCCC/C=C/C=C/CCCCCCCCCCCCC(=O)OC(COCCC(C(=O)[O-])[N+](C)(C)C)COC(=O)CCCCC/C=C/C=C/CCCCCCCCC. The van der Waals surface area contributed by atoms with E-state index in [-0.39, 0.29) is 42.7 Å². The number of ether oxygens (including phenoxy) is 3. The molecule has 0 saturated heterocycles. The van der Waals surface area contributed by atoms with Crippen molar-refractivity contribution < 1.29 is 38.2 Å². The Morgan fingerprint density at radius 2 is 0.867 bits per heavy atom. The maximum atomic E-state index is 12.8. The molecule has 0 rings (SSSR count). The molecule has 0 aliphatic heterocycles. The fourth-order valence-electron chi connectivity index (χ4n) is 7.11. The average molecular weight is 844 g/mol. The molecule has 0 saturated carbocycles. The van der Waals surface area contributed by atoms with Gasteiger partial charge in [-0.05, 0) is 64.2 Å². The molecule has 0 aliphatic rings. The van der Waals surface area contributed by atoms with E-state index in [0.717, 1.165) is 51.4 Å². The van der Waals surface area contributed by atoms with E-state index in [9.17, 15) is 19.5 Å². The highest BCUT2D eigenvalue weighted by Crippen LogP contribution is 2.14. The lowest BCUT2D eigenvalue weighted by atomic mass is 10.1. The van der Waals surface area contributed by atoms with Gasteiger partial charge in [0.05, 0.1) is 40.3 Å². The first-order chi connectivity index (χ1) is 29.1. The van der Waals surface area contributed by atoms with Crippen molar-refractivity contribution in [1.29, 1.82) is 0 Å². The van der Waals surface area contributed by atoms with Crippen molar-refractivity contribution >= 4 is 17.9 Å². The van der Waals surface area contributed by atoms with Crippen LogP contribution in [0.1, 0.15) is 213 Å². The minimum absolute atomic E-state index is 0.0308. The highest BCUT2D eigenvalue weighted by molar-refractivity contribution is 5.70. The maximum absolute atomic E-state index is 12.8. The number of rotatable bonds is 44. The first kappa shape index (κ1) is 57.3. The van der Waals surface area contributed by atoms with E-state index >= 15 is 0 Å². The van der Waals surface area contributed by atoms with Crippen LogP contribution in [0.2, 0.25) is 0 Å². The number of aliphatic carboxylic acids is 1. The van der Waals surface area contributed by atoms with Crippen molar-refractivity contribution in [1.82, 2.24) is 0 Å². The van der Waals surface area contributed by atoms with Crippen LogP contribution >= 0.6 is 0 Å². The molecule has 0 amide bonds. The number of likely N-dealkylation sites (N-methyl/N-ethyl adjacent to an activating group) is 1. The minimum atomic E-state index is -1.13. The molecule has 8 heteroatoms. The summed E-state index contributed by atoms with van der Waals surface area (Å²) in [7, 11) is 5.40. The van der Waals surface area contributed by atoms with Crippen LogP contribution < -0.4 is 5.11 Å². The lowest BCUT2D eigenvalue weighted by Gasteiger charge is -2.34. The summed E-state index contributed by atoms with van der Waals surface area (Å²) in [4.78, 5) is 37.0. The summed E-state index contributed by atoms with van der Waals surface area (Å²) >= 11 is 0. The van der Waals surface area contributed by atoms with Gasteiger partial charge in [-0.1, -0.05) is 178 Å². The molecule has 60 heavy (non-hydrogen) atoms. The molecule has 0 bridgehead atoms. The maximum Gasteiger partial charge on any atom is 0.306 e. The van der Waals surface area contributed by atoms with E-state index in [2.05, 4.69) is 62.5 Å². The van der Waals surface area contributed by atoms with Gasteiger partial charge in [-0.25, -0.2) is 0 Å². The fourth-order valence-corrected chi connectivity index (χ4v) is 7.11. The van der Waals surface area contributed by atoms with Crippen molar-refractivity contribution in [3.63, 3.8) is 0 Å². The average Bonchev–Trinajstić information content (AvgIpc) is 3.21. The Labute approximate surface area is 369 Å². The Kier molecular flexibility index (Phi) is 41.0. The predicted molar refractivity (Wildman–Crippen MR) is 250 cm³/mol. The predicted octanol–water partition coefficient (Wildman–Crippen LogP) is 12.6. The first-order valence-electron chi connectivity index (χ1n) is 24.7. The van der Waals surface area contributed by atoms with Gasteiger partial charge in [0.2, 0.25) is 0 Å². The van der Waals surface area contributed by atoms with Gasteiger partial charge in [-0.3, -0.25) is 9.59 Å². The molecule has 0 aromatic heterocycles. The van der Waals surface area contributed by atoms with Crippen molar-refractivity contribution in [2.24, 2.45) is 0 Å². The molecule has 0 radical (unpaired) electrons. The number of carbonyl (C=O) groups is 3. The smallest absolute Gasteiger partial charge is 0.306 e. The monoisotopic (exact) mass is 844 g/mol. The third-order valence-electron chi connectivity index (χ3n) is 11.0. The van der Waals surface area contributed by atoms with Gasteiger partial charge in [0.15, 0.2) is 6.10 Å². The van der Waals surface area contributed by atoms with Crippen LogP contribution in [0.15, 0.2) is 48.6 Å². The Bertz CT molecular complexity index is 1120. The normalized spacial score (nSPS) is 13.3. The highest BCUT2D eigenvalue weighted by Gasteiger charge is 2.25. The number of hydrogen-bond acceptors (Lipinski definition) is 7. The molecule has 0 fully saturated rings. The van der Waals surface area contributed by atoms with Crippen LogP contribution in [-0.2, 0) is 28.6 Å². The number of carboxylic acid groups (broad SMARTS) is 1. The van der Waals surface area contributed by atoms with Gasteiger partial charge >= 0.3 is 11.9 Å². The molecule has 8 nitrogen and oxygen atoms in total. The molecular formula is C52H93NO7. The second-order valence-corrected chi connectivity index (χ2v) is 17.8. The molecule has 348 valence electrons. The van der Waals surface area contributed by atoms with Crippen molar-refractivity contribution in [3.05, 3.63) is 48.6 Å². The number of allylic oxidation sites excluding steroid dienone is 8. The van der Waals surface area contributed by atoms with E-state index in [0.29, 0.717) is 12.8 Å². The van der Waals surface area contributed by atoms with Crippen LogP contribution in [0.3, 0.4) is 0 Å². The largest absolute Gasteiger partial charge is 0.544 e. The third-order valence-corrected chi connectivity index (χ3v) is 11.0. The quantitative estimate of drug-likeness (QED) is 0.0260. The summed E-state index contributed by atoms with van der Waals surface area (Å²) in [5.74, 6) is -1.77. The summed E-state index contributed by atoms with van der Waals surface area (Å²) in [5.41, 5.74) is 0. The summed E-state index contributed by atoms with van der Waals surface area (Å²) in [6.07, 6.45) is 51.3. The second kappa shape index (κ2) is 43.0. The van der Waals surface area contributed by atoms with Crippen molar-refractivity contribution in [3.8, 4) is 0 Å². The molecule has 0 heterocycles. The number of carbonyl (C=O) groups excluding carboxylic acids is 3. The van der Waals surface area contributed by atoms with Gasteiger partial charge in [0.1, 0.15) is 12.6 Å². The Morgan fingerprint density at radius 3 is 1.28 bits per heavy atom. The van der Waals surface area contributed by atoms with E-state index in [1.807, 2.05) is 0 Å². The number of nitrogens with zero attached hydrogens (tertiary/aromatic N) is 1. The lowest BCUT2D eigenvalue weighted by Crippen LogP contribution is -2.55. The van der Waals surface area contributed by atoms with Gasteiger partial charge in [0.25, 0.3) is 0 Å². The third kappa shape index (κ3) is 40.7. The summed E-state index contributed by atoms with van der Waals surface area (Å²) < 4.78 is 17.2. The highest BCUT2D eigenvalue weighted by atomic mass is 16.6. The number of carboxylic acids is 1. The number of hydrogen-bond donors (Lipinski definition) is 0. The zero-order valence-electron chi connectivity index (χ0n) is 39.6. The number of quaternary nitrogens is 1. The summed E-state index contributed by atoms with van der Waals surface area (Å²) in [5, 5.41) is 11.6. The Morgan fingerprint density at radius 1 is 0.500 bits per heavy atom. The zero-order valence-corrected chi connectivity index (χ0v) is 39.6. The van der Waals surface area contributed by atoms with Crippen LogP contribution in [0.4, 0.5) is 0 Å². The van der Waals surface area contributed by atoms with Crippen LogP contribution in [0.5, 0.6) is 0 Å². The number of esters is 2. The summed E-state index contributed by atoms with van der Waals surface area (Å²) in [6, 6.07) is -0.731. The lowest BCUT2D eigenvalue weighted by molar-refractivity contribution is -0.889. The molecule has 2 atom stereocenters. The fraction of sp³-hybridized carbons (Fsp3) is 0.788. The first-order valence-corrected chi connectivity index (χ1v) is 24.7. The molecule has 2 unspecified atom stereocenters. The standard InChI is InChI=1S/C52H93NO7/c1-6-8-10-12-14-16-18-20-22-24-25-26-27-29-31-33-35-37-39-41-43-51(55)60-48(46-58-45-44-49(52(56)57)53(3,4)5)47-59-50(54)42-40-38-36-34-32-30-28-23-21-19-17-15-13-11-9-7-2/h16,18,20,22-23,28,30,32,48-49H,6-15,17,19,21,24-27,29,31,33-47H2,1-5H3/b18-16+,22-20+,28-23+,32-30+. The second-order valence-electron chi connectivity index (χ2n) is 17.8. The van der Waals surface area contributed by atoms with Crippen LogP contribution in [-0.4, -0.2) is 75.5 Å². The van der Waals surface area contributed by atoms with Gasteiger partial charge < -0.3 is 28.6 Å². The van der Waals surface area contributed by atoms with Crippen LogP contribution in [0, 0.1) is 0 Å². The van der Waals surface area contributed by atoms with Crippen molar-refractivity contribution in [2.75, 3.05) is 41.0 Å². The molecule has 0 spiro atoms. The topological polar surface area (TPSA) is 102 Å².